The van der Waals surface area contributed by atoms with Gasteiger partial charge in [0.2, 0.25) is 5.91 Å². The van der Waals surface area contributed by atoms with Gasteiger partial charge in [0.1, 0.15) is 28.8 Å². The van der Waals surface area contributed by atoms with E-state index in [2.05, 4.69) is 17.2 Å². The van der Waals surface area contributed by atoms with Gasteiger partial charge in [0.05, 0.1) is 24.9 Å². The van der Waals surface area contributed by atoms with Crippen molar-refractivity contribution in [3.8, 4) is 5.75 Å². The maximum Gasteiger partial charge on any atom is 0.326 e. The molecule has 0 spiro atoms. The molecule has 2 heterocycles. The first-order valence-corrected chi connectivity index (χ1v) is 16.2. The van der Waals surface area contributed by atoms with Gasteiger partial charge < -0.3 is 29.7 Å². The number of hydrogen-bond acceptors (Lipinski definition) is 8. The lowest BCUT2D eigenvalue weighted by Gasteiger charge is -2.27. The predicted molar refractivity (Wildman–Crippen MR) is 164 cm³/mol. The third kappa shape index (κ3) is 8.69. The van der Waals surface area contributed by atoms with Crippen molar-refractivity contribution in [1.29, 1.82) is 0 Å². The van der Waals surface area contributed by atoms with Crippen molar-refractivity contribution < 1.29 is 47.1 Å². The van der Waals surface area contributed by atoms with E-state index in [-0.39, 0.29) is 30.8 Å². The SMILES string of the molecule is CCCCCC[C@@H](C(=O)N1C[C@@H](Oc2ccc(CC(=O)O)cc2)C[C@H]1C(=O)O)n1cnc(NC(=O)c2ccccc2S(=O)(=O)O)c1. The van der Waals surface area contributed by atoms with Crippen LogP contribution in [0.25, 0.3) is 0 Å². The highest BCUT2D eigenvalue weighted by Crippen LogP contribution is 2.29. The maximum atomic E-state index is 14.0. The highest BCUT2D eigenvalue weighted by atomic mass is 32.2. The Hall–Kier alpha value is -4.76. The average Bonchev–Trinajstić information content (AvgIpc) is 3.64. The van der Waals surface area contributed by atoms with E-state index in [9.17, 15) is 37.3 Å². The Morgan fingerprint density at radius 3 is 2.41 bits per heavy atom. The van der Waals surface area contributed by atoms with Crippen LogP contribution in [-0.4, -0.2) is 80.1 Å². The average molecular weight is 657 g/mol. The molecule has 246 valence electrons. The van der Waals surface area contributed by atoms with Crippen molar-refractivity contribution in [2.24, 2.45) is 0 Å². The number of likely N-dealkylation sites (tertiary alicyclic amines) is 1. The number of aromatic nitrogens is 2. The maximum absolute atomic E-state index is 14.0. The molecule has 3 aromatic rings. The van der Waals surface area contributed by atoms with Crippen molar-refractivity contribution in [3.63, 3.8) is 0 Å². The lowest BCUT2D eigenvalue weighted by Crippen LogP contribution is -2.44. The molecule has 0 radical (unpaired) electrons. The number of ether oxygens (including phenoxy) is 1. The molecule has 1 aromatic heterocycles. The van der Waals surface area contributed by atoms with Gasteiger partial charge in [-0.3, -0.25) is 18.9 Å². The second kappa shape index (κ2) is 15.0. The molecule has 4 rings (SSSR count). The summed E-state index contributed by atoms with van der Waals surface area (Å²) in [6.45, 7) is 2.05. The first kappa shape index (κ1) is 34.1. The van der Waals surface area contributed by atoms with Crippen LogP contribution in [-0.2, 0) is 30.9 Å². The van der Waals surface area contributed by atoms with Gasteiger partial charge in [0.15, 0.2) is 5.82 Å². The van der Waals surface area contributed by atoms with Crippen molar-refractivity contribution in [2.75, 3.05) is 11.9 Å². The predicted octanol–water partition coefficient (Wildman–Crippen LogP) is 3.65. The molecule has 0 bridgehead atoms. The van der Waals surface area contributed by atoms with Crippen LogP contribution in [0.5, 0.6) is 5.75 Å². The molecule has 1 aliphatic heterocycles. The number of carboxylic acids is 2. The normalized spacial score (nSPS) is 17.0. The fraction of sp³-hybridized carbons (Fsp3) is 0.387. The summed E-state index contributed by atoms with van der Waals surface area (Å²) in [6.07, 6.45) is 5.81. The zero-order chi connectivity index (χ0) is 33.4. The molecule has 1 aliphatic rings. The molecule has 2 aromatic carbocycles. The summed E-state index contributed by atoms with van der Waals surface area (Å²) >= 11 is 0. The largest absolute Gasteiger partial charge is 0.488 e. The van der Waals surface area contributed by atoms with Gasteiger partial charge in [-0.15, -0.1) is 0 Å². The Bertz CT molecular complexity index is 1670. The molecule has 1 saturated heterocycles. The van der Waals surface area contributed by atoms with E-state index in [0.29, 0.717) is 24.2 Å². The standard InChI is InChI=1S/C31H36N4O10S/c1-2-3-4-5-9-24(34-18-27(32-19-34)33-29(38)23-8-6-7-10-26(23)46(42,43)44)30(39)35-17-22(16-25(35)31(40)41)45-21-13-11-20(12-14-21)15-28(36)37/h6-8,10-14,18-19,22,24-25H,2-5,9,15-17H2,1H3,(H,33,38)(H,36,37)(H,40,41)(H,42,43,44)/t22-,24-,25-/m0/s1. The van der Waals surface area contributed by atoms with E-state index >= 15 is 0 Å². The third-order valence-corrected chi connectivity index (χ3v) is 8.55. The van der Waals surface area contributed by atoms with Gasteiger partial charge in [0, 0.05) is 12.6 Å². The van der Waals surface area contributed by atoms with E-state index in [1.54, 1.807) is 24.3 Å². The summed E-state index contributed by atoms with van der Waals surface area (Å²) in [5, 5.41) is 21.5. The Balaban J connectivity index is 1.53. The van der Waals surface area contributed by atoms with Crippen LogP contribution < -0.4 is 10.1 Å². The minimum Gasteiger partial charge on any atom is -0.488 e. The first-order valence-electron chi connectivity index (χ1n) is 14.8. The lowest BCUT2D eigenvalue weighted by molar-refractivity contribution is -0.149. The Morgan fingerprint density at radius 1 is 1.04 bits per heavy atom. The number of imidazole rings is 1. The van der Waals surface area contributed by atoms with Crippen LogP contribution >= 0.6 is 0 Å². The number of carbonyl (C=O) groups is 4. The van der Waals surface area contributed by atoms with Crippen LogP contribution in [0.3, 0.4) is 0 Å². The zero-order valence-corrected chi connectivity index (χ0v) is 25.9. The lowest BCUT2D eigenvalue weighted by atomic mass is 10.1. The second-order valence-electron chi connectivity index (χ2n) is 11.0. The minimum absolute atomic E-state index is 0.00282. The van der Waals surface area contributed by atoms with E-state index in [0.717, 1.165) is 25.3 Å². The topological polar surface area (TPSA) is 205 Å². The van der Waals surface area contributed by atoms with Crippen molar-refractivity contribution in [1.82, 2.24) is 14.5 Å². The number of nitrogens with one attached hydrogen (secondary N) is 1. The molecule has 4 N–H and O–H groups in total. The molecule has 0 aliphatic carbocycles. The molecule has 15 heteroatoms. The molecule has 0 saturated carbocycles. The molecule has 14 nitrogen and oxygen atoms in total. The summed E-state index contributed by atoms with van der Waals surface area (Å²) < 4.78 is 40.5. The van der Waals surface area contributed by atoms with Crippen LogP contribution in [0.2, 0.25) is 0 Å². The molecule has 1 fully saturated rings. The number of aliphatic carboxylic acids is 2. The second-order valence-corrected chi connectivity index (χ2v) is 12.4. The van der Waals surface area contributed by atoms with Gasteiger partial charge in [-0.05, 0) is 36.2 Å². The number of amides is 2. The van der Waals surface area contributed by atoms with Crippen molar-refractivity contribution >= 4 is 39.7 Å². The zero-order valence-electron chi connectivity index (χ0n) is 25.1. The van der Waals surface area contributed by atoms with E-state index < -0.39 is 57.0 Å². The van der Waals surface area contributed by atoms with E-state index in [4.69, 9.17) is 9.84 Å². The summed E-state index contributed by atoms with van der Waals surface area (Å²) in [4.78, 5) is 55.0. The van der Waals surface area contributed by atoms with Crippen LogP contribution in [0, 0.1) is 0 Å². The fourth-order valence-corrected chi connectivity index (χ4v) is 6.09. The van der Waals surface area contributed by atoms with Gasteiger partial charge in [-0.25, -0.2) is 9.78 Å². The number of hydrogen-bond donors (Lipinski definition) is 4. The molecular weight excluding hydrogens is 620 g/mol. The summed E-state index contributed by atoms with van der Waals surface area (Å²) in [6, 6.07) is 9.55. The molecular formula is C31H36N4O10S. The minimum atomic E-state index is -4.67. The quantitative estimate of drug-likeness (QED) is 0.137. The number of carbonyl (C=O) groups excluding carboxylic acids is 2. The number of anilines is 1. The van der Waals surface area contributed by atoms with Crippen molar-refractivity contribution in [2.45, 2.75) is 75.0 Å². The van der Waals surface area contributed by atoms with Gasteiger partial charge >= 0.3 is 11.9 Å². The highest BCUT2D eigenvalue weighted by Gasteiger charge is 2.43. The number of benzene rings is 2. The van der Waals surface area contributed by atoms with Crippen LogP contribution in [0.15, 0.2) is 66.0 Å². The molecule has 3 atom stereocenters. The molecule has 2 amide bonds. The van der Waals surface area contributed by atoms with Gasteiger partial charge in [0.25, 0.3) is 16.0 Å². The summed E-state index contributed by atoms with van der Waals surface area (Å²) in [5.41, 5.74) is 0.284. The van der Waals surface area contributed by atoms with E-state index in [1.807, 2.05) is 0 Å². The fourth-order valence-electron chi connectivity index (χ4n) is 5.40. The highest BCUT2D eigenvalue weighted by molar-refractivity contribution is 7.86. The van der Waals surface area contributed by atoms with Crippen LogP contribution in [0.1, 0.15) is 67.4 Å². The smallest absolute Gasteiger partial charge is 0.326 e. The number of carboxylic acid groups (broad SMARTS) is 2. The van der Waals surface area contributed by atoms with Gasteiger partial charge in [-0.2, -0.15) is 8.42 Å². The monoisotopic (exact) mass is 656 g/mol. The Labute approximate surface area is 265 Å². The number of rotatable bonds is 15. The van der Waals surface area contributed by atoms with Crippen LogP contribution in [0.4, 0.5) is 5.82 Å². The van der Waals surface area contributed by atoms with Gasteiger partial charge in [-0.1, -0.05) is 56.9 Å². The Kier molecular flexibility index (Phi) is 11.1. The summed E-state index contributed by atoms with van der Waals surface area (Å²) in [7, 11) is -4.67. The molecule has 46 heavy (non-hydrogen) atoms. The van der Waals surface area contributed by atoms with E-state index in [1.165, 1.54) is 40.2 Å². The third-order valence-electron chi connectivity index (χ3n) is 7.64. The first-order chi connectivity index (χ1) is 21.9. The number of unbranched alkanes of at least 4 members (excludes halogenated alkanes) is 3. The number of nitrogens with zero attached hydrogens (tertiary/aromatic N) is 3. The van der Waals surface area contributed by atoms with Crippen molar-refractivity contribution in [3.05, 3.63) is 72.2 Å². The summed E-state index contributed by atoms with van der Waals surface area (Å²) in [5.74, 6) is -3.02. The molecule has 0 unspecified atom stereocenters. The Morgan fingerprint density at radius 2 is 1.76 bits per heavy atom.